The van der Waals surface area contributed by atoms with Crippen molar-refractivity contribution < 1.29 is 9.59 Å². The zero-order chi connectivity index (χ0) is 16.6. The van der Waals surface area contributed by atoms with Gasteiger partial charge >= 0.3 is 0 Å². The number of allylic oxidation sites excluding steroid dienone is 6. The number of hydrogen-bond acceptors (Lipinski definition) is 2. The molecule has 0 fully saturated rings. The highest BCUT2D eigenvalue weighted by Crippen LogP contribution is 2.44. The molecule has 0 heterocycles. The van der Waals surface area contributed by atoms with Crippen molar-refractivity contribution in [1.29, 1.82) is 0 Å². The molecule has 2 heteroatoms. The van der Waals surface area contributed by atoms with E-state index in [9.17, 15) is 9.59 Å². The average Bonchev–Trinajstić information content (AvgIpc) is 2.44. The summed E-state index contributed by atoms with van der Waals surface area (Å²) in [7, 11) is 0. The summed E-state index contributed by atoms with van der Waals surface area (Å²) in [5.41, 5.74) is 3.54. The van der Waals surface area contributed by atoms with Crippen molar-refractivity contribution in [2.24, 2.45) is 23.7 Å². The van der Waals surface area contributed by atoms with Gasteiger partial charge in [-0.05, 0) is 63.5 Å². The summed E-state index contributed by atoms with van der Waals surface area (Å²) in [6.45, 7) is 15.8. The van der Waals surface area contributed by atoms with Gasteiger partial charge < -0.3 is 0 Å². The molecule has 0 N–H and O–H groups in total. The van der Waals surface area contributed by atoms with Gasteiger partial charge in [0.1, 0.15) is 0 Å². The van der Waals surface area contributed by atoms with Crippen LogP contribution in [0, 0.1) is 23.7 Å². The van der Waals surface area contributed by atoms with Crippen LogP contribution in [0.4, 0.5) is 0 Å². The quantitative estimate of drug-likeness (QED) is 0.722. The smallest absolute Gasteiger partial charge is 0.162 e. The Hall–Kier alpha value is -1.70. The third-order valence-electron chi connectivity index (χ3n) is 5.26. The van der Waals surface area contributed by atoms with Gasteiger partial charge in [0.25, 0.3) is 0 Å². The lowest BCUT2D eigenvalue weighted by atomic mass is 9.61. The maximum absolute atomic E-state index is 12.8. The third-order valence-corrected chi connectivity index (χ3v) is 5.26. The predicted molar refractivity (Wildman–Crippen MR) is 90.4 cm³/mol. The van der Waals surface area contributed by atoms with Crippen molar-refractivity contribution in [1.82, 2.24) is 0 Å². The van der Waals surface area contributed by atoms with Gasteiger partial charge in [-0.1, -0.05) is 36.5 Å². The maximum atomic E-state index is 12.8. The molecule has 0 aromatic rings. The lowest BCUT2D eigenvalue weighted by molar-refractivity contribution is -0.132. The molecule has 4 unspecified atom stereocenters. The Balaban J connectivity index is 2.52. The monoisotopic (exact) mass is 298 g/mol. The Morgan fingerprint density at radius 2 is 1.18 bits per heavy atom. The molecule has 0 saturated carbocycles. The zero-order valence-electron chi connectivity index (χ0n) is 14.1. The lowest BCUT2D eigenvalue weighted by Gasteiger charge is -2.40. The Morgan fingerprint density at radius 3 is 1.45 bits per heavy atom. The van der Waals surface area contributed by atoms with E-state index in [0.717, 1.165) is 35.1 Å². The number of Topliss-reactive ketones (excluding diaryl/α,β-unsaturated/α-hetero) is 2. The first kappa shape index (κ1) is 16.7. The number of hydrogen-bond donors (Lipinski definition) is 0. The number of rotatable bonds is 3. The predicted octanol–water partition coefficient (Wildman–Crippen LogP) is 4.44. The molecule has 22 heavy (non-hydrogen) atoms. The summed E-state index contributed by atoms with van der Waals surface area (Å²) >= 11 is 0. The van der Waals surface area contributed by atoms with Gasteiger partial charge in [-0.25, -0.2) is 0 Å². The lowest BCUT2D eigenvalue weighted by Crippen LogP contribution is -2.44. The molecule has 2 nitrogen and oxygen atoms in total. The zero-order valence-corrected chi connectivity index (χ0v) is 14.1. The molecule has 0 spiro atoms. The second-order valence-corrected chi connectivity index (χ2v) is 6.93. The molecule has 0 bridgehead atoms. The van der Waals surface area contributed by atoms with Crippen LogP contribution in [0.1, 0.15) is 40.5 Å². The first-order chi connectivity index (χ1) is 10.3. The van der Waals surface area contributed by atoms with Crippen LogP contribution in [0.3, 0.4) is 0 Å². The highest BCUT2D eigenvalue weighted by Gasteiger charge is 2.46. The minimum absolute atomic E-state index is 0.0536. The fourth-order valence-electron chi connectivity index (χ4n) is 3.84. The van der Waals surface area contributed by atoms with Gasteiger partial charge in [0, 0.05) is 11.8 Å². The fourth-order valence-corrected chi connectivity index (χ4v) is 3.84. The highest BCUT2D eigenvalue weighted by atomic mass is 16.1. The summed E-state index contributed by atoms with van der Waals surface area (Å²) in [6, 6.07) is 0. The standard InChI is InChI=1S/C20H26O2/c1-11(2)15-9-7-13(5)19(21)17(15)18-16(12(3)4)10-8-14(6)20(18)22/h7-8,15-18H,1,3,9-10H2,2,4-6H3. The van der Waals surface area contributed by atoms with Gasteiger partial charge in [-0.15, -0.1) is 0 Å². The van der Waals surface area contributed by atoms with Gasteiger partial charge in [0.2, 0.25) is 0 Å². The number of carbonyl (C=O) groups excluding carboxylic acids is 2. The normalized spacial score (nSPS) is 32.4. The summed E-state index contributed by atoms with van der Waals surface area (Å²) in [6.07, 6.45) is 5.58. The van der Waals surface area contributed by atoms with Crippen molar-refractivity contribution in [2.75, 3.05) is 0 Å². The second kappa shape index (κ2) is 6.20. The topological polar surface area (TPSA) is 34.1 Å². The van der Waals surface area contributed by atoms with Gasteiger partial charge in [0.05, 0.1) is 0 Å². The van der Waals surface area contributed by atoms with E-state index in [1.54, 1.807) is 0 Å². The molecule has 118 valence electrons. The van der Waals surface area contributed by atoms with E-state index in [0.29, 0.717) is 0 Å². The largest absolute Gasteiger partial charge is 0.294 e. The van der Waals surface area contributed by atoms with Gasteiger partial charge in [0.15, 0.2) is 11.6 Å². The SMILES string of the molecule is C=C(C)C1CC=C(C)C(=O)C1C1C(=O)C(C)=CCC1C(=C)C. The molecule has 0 aliphatic heterocycles. The van der Waals surface area contributed by atoms with E-state index < -0.39 is 0 Å². The van der Waals surface area contributed by atoms with Crippen LogP contribution in [-0.2, 0) is 9.59 Å². The number of carbonyl (C=O) groups is 2. The molecule has 2 aliphatic rings. The van der Waals surface area contributed by atoms with Gasteiger partial charge in [-0.3, -0.25) is 9.59 Å². The van der Waals surface area contributed by atoms with Crippen molar-refractivity contribution in [3.8, 4) is 0 Å². The van der Waals surface area contributed by atoms with Gasteiger partial charge in [-0.2, -0.15) is 0 Å². The van der Waals surface area contributed by atoms with Crippen molar-refractivity contribution >= 4 is 11.6 Å². The van der Waals surface area contributed by atoms with Crippen LogP contribution < -0.4 is 0 Å². The molecular weight excluding hydrogens is 272 g/mol. The molecule has 0 amide bonds. The fraction of sp³-hybridized carbons (Fsp3) is 0.500. The van der Waals surface area contributed by atoms with Crippen LogP contribution >= 0.6 is 0 Å². The first-order valence-electron chi connectivity index (χ1n) is 7.98. The Labute approximate surface area is 133 Å². The molecule has 2 aliphatic carbocycles. The average molecular weight is 298 g/mol. The van der Waals surface area contributed by atoms with Crippen LogP contribution in [0.15, 0.2) is 47.6 Å². The Kier molecular flexibility index (Phi) is 4.69. The second-order valence-electron chi connectivity index (χ2n) is 6.93. The van der Waals surface area contributed by atoms with E-state index in [1.807, 2.05) is 39.8 Å². The summed E-state index contributed by atoms with van der Waals surface area (Å²) in [5, 5.41) is 0. The number of ketones is 2. The summed E-state index contributed by atoms with van der Waals surface area (Å²) < 4.78 is 0. The van der Waals surface area contributed by atoms with Crippen LogP contribution in [0.5, 0.6) is 0 Å². The molecule has 0 aromatic carbocycles. The van der Waals surface area contributed by atoms with E-state index in [2.05, 4.69) is 13.2 Å². The first-order valence-corrected chi connectivity index (χ1v) is 7.98. The summed E-state index contributed by atoms with van der Waals surface area (Å²) in [4.78, 5) is 25.7. The minimum Gasteiger partial charge on any atom is -0.294 e. The van der Waals surface area contributed by atoms with Crippen LogP contribution in [0.25, 0.3) is 0 Å². The van der Waals surface area contributed by atoms with E-state index in [1.165, 1.54) is 0 Å². The third kappa shape index (κ3) is 2.79. The van der Waals surface area contributed by atoms with Crippen LogP contribution in [0.2, 0.25) is 0 Å². The molecular formula is C20H26O2. The van der Waals surface area contributed by atoms with E-state index in [4.69, 9.17) is 0 Å². The summed E-state index contributed by atoms with van der Waals surface area (Å²) in [5.74, 6) is -0.256. The van der Waals surface area contributed by atoms with Crippen molar-refractivity contribution in [2.45, 2.75) is 40.5 Å². The molecule has 0 radical (unpaired) electrons. The van der Waals surface area contributed by atoms with Crippen molar-refractivity contribution in [3.05, 3.63) is 47.6 Å². The molecule has 0 aromatic heterocycles. The Morgan fingerprint density at radius 1 is 0.864 bits per heavy atom. The molecule has 4 atom stereocenters. The highest BCUT2D eigenvalue weighted by molar-refractivity contribution is 6.05. The minimum atomic E-state index is -0.291. The molecule has 2 rings (SSSR count). The van der Waals surface area contributed by atoms with Crippen molar-refractivity contribution in [3.63, 3.8) is 0 Å². The Bertz CT molecular complexity index is 549. The molecule has 0 saturated heterocycles. The van der Waals surface area contributed by atoms with E-state index >= 15 is 0 Å². The maximum Gasteiger partial charge on any atom is 0.162 e. The van der Waals surface area contributed by atoms with E-state index in [-0.39, 0.29) is 35.2 Å². The van der Waals surface area contributed by atoms with Crippen LogP contribution in [-0.4, -0.2) is 11.6 Å².